The summed E-state index contributed by atoms with van der Waals surface area (Å²) in [5.41, 5.74) is 5.81. The lowest BCUT2D eigenvalue weighted by molar-refractivity contribution is -0.0934. The highest BCUT2D eigenvalue weighted by atomic mass is 19.4. The summed E-state index contributed by atoms with van der Waals surface area (Å²) in [4.78, 5) is 20.0. The van der Waals surface area contributed by atoms with Gasteiger partial charge in [0, 0.05) is 41.5 Å². The van der Waals surface area contributed by atoms with E-state index in [1.165, 1.54) is 0 Å². The molecule has 0 saturated carbocycles. The zero-order valence-electron chi connectivity index (χ0n) is 17.6. The first kappa shape index (κ1) is 20.6. The van der Waals surface area contributed by atoms with Crippen molar-refractivity contribution in [3.8, 4) is 0 Å². The van der Waals surface area contributed by atoms with E-state index in [0.717, 1.165) is 17.0 Å². The molecule has 2 aliphatic rings. The number of aryl methyl sites for hydroxylation is 2. The lowest BCUT2D eigenvalue weighted by Gasteiger charge is -2.33. The normalized spacial score (nSPS) is 18.9. The van der Waals surface area contributed by atoms with Crippen LogP contribution in [-0.4, -0.2) is 45.8 Å². The molecule has 3 aromatic heterocycles. The molecular weight excluding hydrogens is 419 g/mol. The molecule has 0 amide bonds. The molecular formula is C23H20F3N5O. The second-order valence-electron chi connectivity index (χ2n) is 7.99. The van der Waals surface area contributed by atoms with Crippen molar-refractivity contribution in [3.63, 3.8) is 0 Å². The number of hydrogen-bond acceptors (Lipinski definition) is 6. The van der Waals surface area contributed by atoms with Crippen LogP contribution in [0.4, 0.5) is 19.1 Å². The topological polar surface area (TPSA) is 64.0 Å². The Labute approximate surface area is 182 Å². The first-order valence-corrected chi connectivity index (χ1v) is 10.3. The summed E-state index contributed by atoms with van der Waals surface area (Å²) in [7, 11) is 0. The van der Waals surface area contributed by atoms with Gasteiger partial charge in [0.25, 0.3) is 0 Å². The molecule has 9 heteroatoms. The Morgan fingerprint density at radius 3 is 2.66 bits per heavy atom. The zero-order chi connectivity index (χ0) is 22.5. The van der Waals surface area contributed by atoms with Crippen molar-refractivity contribution >= 4 is 22.6 Å². The van der Waals surface area contributed by atoms with Gasteiger partial charge < -0.3 is 9.64 Å². The molecule has 0 aromatic carbocycles. The Balaban J connectivity index is 1.55. The van der Waals surface area contributed by atoms with E-state index >= 15 is 0 Å². The highest BCUT2D eigenvalue weighted by molar-refractivity contribution is 5.90. The number of hydrogen-bond donors (Lipinski definition) is 0. The zero-order valence-corrected chi connectivity index (χ0v) is 17.6. The monoisotopic (exact) mass is 439 g/mol. The molecule has 0 unspecified atom stereocenters. The van der Waals surface area contributed by atoms with Crippen molar-refractivity contribution < 1.29 is 17.9 Å². The predicted molar refractivity (Wildman–Crippen MR) is 113 cm³/mol. The minimum absolute atomic E-state index is 0.182. The number of nitrogens with zero attached hydrogens (tertiary/aromatic N) is 5. The Kier molecular flexibility index (Phi) is 4.95. The standard InChI is InChI=1S/C23H20F3N5O/c1-13-3-4-18-20(16-10-17(11-16)23(24,25)26)29-22(30-21(18)28-13)31-7-8-32-19(12-31)15-5-6-27-14(2)9-15/h3-6,9,19H,7-8,10,12H2,1-2H3/t19-/m0/s1. The number of alkyl halides is 3. The van der Waals surface area contributed by atoms with E-state index in [-0.39, 0.29) is 12.5 Å². The molecule has 164 valence electrons. The third kappa shape index (κ3) is 3.85. The Morgan fingerprint density at radius 1 is 1.09 bits per heavy atom. The van der Waals surface area contributed by atoms with Crippen molar-refractivity contribution in [2.75, 3.05) is 24.6 Å². The maximum absolute atomic E-state index is 13.0. The number of aromatic nitrogens is 4. The van der Waals surface area contributed by atoms with E-state index in [1.807, 2.05) is 30.9 Å². The van der Waals surface area contributed by atoms with Crippen molar-refractivity contribution in [2.45, 2.75) is 32.5 Å². The van der Waals surface area contributed by atoms with Crippen LogP contribution >= 0.6 is 0 Å². The first-order chi connectivity index (χ1) is 15.3. The molecule has 1 saturated heterocycles. The molecule has 1 aliphatic heterocycles. The molecule has 3 aromatic rings. The number of morpholine rings is 1. The summed E-state index contributed by atoms with van der Waals surface area (Å²) in [6.45, 7) is 5.33. The summed E-state index contributed by atoms with van der Waals surface area (Å²) >= 11 is 0. The largest absolute Gasteiger partial charge is 0.420 e. The maximum atomic E-state index is 13.0. The Bertz CT molecular complexity index is 1280. The average Bonchev–Trinajstić information content (AvgIpc) is 2.71. The summed E-state index contributed by atoms with van der Waals surface area (Å²) < 4.78 is 44.9. The highest BCUT2D eigenvalue weighted by Crippen LogP contribution is 2.40. The van der Waals surface area contributed by atoms with Gasteiger partial charge in [-0.15, -0.1) is 5.73 Å². The second-order valence-corrected chi connectivity index (χ2v) is 7.99. The quantitative estimate of drug-likeness (QED) is 0.561. The van der Waals surface area contributed by atoms with E-state index < -0.39 is 11.7 Å². The minimum atomic E-state index is -4.37. The summed E-state index contributed by atoms with van der Waals surface area (Å²) in [5.74, 6) is 0.430. The van der Waals surface area contributed by atoms with Gasteiger partial charge in [0.1, 0.15) is 6.10 Å². The molecule has 1 aliphatic carbocycles. The van der Waals surface area contributed by atoms with E-state index in [0.29, 0.717) is 47.9 Å². The summed E-state index contributed by atoms with van der Waals surface area (Å²) in [6.07, 6.45) is -3.02. The van der Waals surface area contributed by atoms with E-state index in [2.05, 4.69) is 25.7 Å². The molecule has 0 spiro atoms. The van der Waals surface area contributed by atoms with Crippen LogP contribution in [-0.2, 0) is 4.74 Å². The van der Waals surface area contributed by atoms with Crippen LogP contribution in [0.25, 0.3) is 16.6 Å². The Hall–Kier alpha value is -3.29. The van der Waals surface area contributed by atoms with Crippen LogP contribution in [0.5, 0.6) is 0 Å². The number of allylic oxidation sites excluding steroid dienone is 1. The number of rotatable bonds is 3. The second kappa shape index (κ2) is 7.69. The summed E-state index contributed by atoms with van der Waals surface area (Å²) in [6, 6.07) is 7.51. The molecule has 5 rings (SSSR count). The van der Waals surface area contributed by atoms with Crippen LogP contribution in [0.2, 0.25) is 0 Å². The molecule has 1 atom stereocenters. The van der Waals surface area contributed by atoms with Crippen LogP contribution in [0, 0.1) is 13.8 Å². The van der Waals surface area contributed by atoms with Gasteiger partial charge in [0.2, 0.25) is 5.95 Å². The molecule has 4 heterocycles. The average molecular weight is 439 g/mol. The lowest BCUT2D eigenvalue weighted by Crippen LogP contribution is -2.39. The first-order valence-electron chi connectivity index (χ1n) is 10.3. The van der Waals surface area contributed by atoms with Gasteiger partial charge in [0.05, 0.1) is 24.4 Å². The molecule has 0 radical (unpaired) electrons. The van der Waals surface area contributed by atoms with Gasteiger partial charge >= 0.3 is 6.18 Å². The number of halogens is 3. The smallest absolute Gasteiger partial charge is 0.370 e. The minimum Gasteiger partial charge on any atom is -0.370 e. The summed E-state index contributed by atoms with van der Waals surface area (Å²) in [5, 5.41) is 0.623. The van der Waals surface area contributed by atoms with E-state index in [9.17, 15) is 13.2 Å². The van der Waals surface area contributed by atoms with Crippen LogP contribution < -0.4 is 4.90 Å². The number of ether oxygens (including phenoxy) is 1. The third-order valence-corrected chi connectivity index (χ3v) is 5.61. The number of fused-ring (bicyclic) bond motifs is 1. The fraction of sp³-hybridized carbons (Fsp3) is 0.348. The molecule has 0 bridgehead atoms. The van der Waals surface area contributed by atoms with Crippen molar-refractivity contribution in [3.05, 3.63) is 64.4 Å². The fourth-order valence-electron chi connectivity index (χ4n) is 3.92. The molecule has 0 N–H and O–H groups in total. The number of pyridine rings is 2. The van der Waals surface area contributed by atoms with Crippen LogP contribution in [0.1, 0.15) is 35.2 Å². The fourth-order valence-corrected chi connectivity index (χ4v) is 3.92. The van der Waals surface area contributed by atoms with E-state index in [4.69, 9.17) is 4.74 Å². The van der Waals surface area contributed by atoms with Crippen molar-refractivity contribution in [2.24, 2.45) is 0 Å². The lowest BCUT2D eigenvalue weighted by atomic mass is 9.92. The molecule has 1 fully saturated rings. The van der Waals surface area contributed by atoms with Gasteiger partial charge in [0.15, 0.2) is 5.65 Å². The SMILES string of the molecule is Cc1cc([C@@H]2CN(c3nc(C4=C=C(C(F)(F)F)C4)c4ccc(C)nc4n3)CCO2)ccn1. The van der Waals surface area contributed by atoms with Crippen molar-refractivity contribution in [1.29, 1.82) is 0 Å². The maximum Gasteiger partial charge on any atom is 0.420 e. The predicted octanol–water partition coefficient (Wildman–Crippen LogP) is 4.49. The highest BCUT2D eigenvalue weighted by Gasteiger charge is 2.38. The number of anilines is 1. The van der Waals surface area contributed by atoms with Gasteiger partial charge in [-0.1, -0.05) is 0 Å². The third-order valence-electron chi connectivity index (χ3n) is 5.61. The van der Waals surface area contributed by atoms with Crippen molar-refractivity contribution in [1.82, 2.24) is 19.9 Å². The van der Waals surface area contributed by atoms with Gasteiger partial charge in [-0.25, -0.2) is 9.97 Å². The van der Waals surface area contributed by atoms with Gasteiger partial charge in [-0.05, 0) is 43.7 Å². The molecule has 32 heavy (non-hydrogen) atoms. The molecule has 6 nitrogen and oxygen atoms in total. The van der Waals surface area contributed by atoms with Gasteiger partial charge in [-0.2, -0.15) is 18.2 Å². The van der Waals surface area contributed by atoms with Crippen LogP contribution in [0.15, 0.2) is 41.8 Å². The van der Waals surface area contributed by atoms with E-state index in [1.54, 1.807) is 18.3 Å². The van der Waals surface area contributed by atoms with Gasteiger partial charge in [-0.3, -0.25) is 4.98 Å². The Morgan fingerprint density at radius 2 is 1.91 bits per heavy atom. The van der Waals surface area contributed by atoms with Crippen LogP contribution in [0.3, 0.4) is 0 Å².